The fraction of sp³-hybridized carbons (Fsp3) is 0. The van der Waals surface area contributed by atoms with Gasteiger partial charge in [-0.3, -0.25) is 9.59 Å². The quantitative estimate of drug-likeness (QED) is 0.515. The first-order chi connectivity index (χ1) is 7.31. The monoisotopic (exact) mass is 317 g/mol. The molecule has 2 aromatic rings. The van der Waals surface area contributed by atoms with E-state index in [4.69, 9.17) is 8.83 Å². The molecule has 2 rings (SSSR count). The second kappa shape index (κ2) is 4.43. The summed E-state index contributed by atoms with van der Waals surface area (Å²) in [6, 6.07) is 6.73. The Labute approximate surface area is 95.5 Å². The van der Waals surface area contributed by atoms with Gasteiger partial charge in [-0.25, -0.2) is 0 Å². The number of rotatable bonds is 4. The van der Waals surface area contributed by atoms with Crippen LogP contribution in [0, 0.1) is 7.53 Å². The maximum absolute atomic E-state index is 10.4. The second-order valence-corrected chi connectivity index (χ2v) is 5.28. The van der Waals surface area contributed by atoms with Crippen LogP contribution in [-0.2, 0) is 0 Å². The standard InChI is InChI=1S/C10H6IO4/c12-5-7-1-3-9(14-7)11-10-4-2-8(6-13)15-10/h1-6H/q+1. The molecular weight excluding hydrogens is 311 g/mol. The van der Waals surface area contributed by atoms with E-state index in [1.54, 1.807) is 24.3 Å². The third-order valence-electron chi connectivity index (χ3n) is 1.61. The summed E-state index contributed by atoms with van der Waals surface area (Å²) >= 11 is -0.593. The van der Waals surface area contributed by atoms with Gasteiger partial charge in [-0.2, -0.15) is 0 Å². The molecule has 0 unspecified atom stereocenters. The third kappa shape index (κ3) is 2.35. The zero-order valence-corrected chi connectivity index (χ0v) is 9.63. The fourth-order valence-electron chi connectivity index (χ4n) is 0.977. The van der Waals surface area contributed by atoms with Crippen molar-refractivity contribution in [1.82, 2.24) is 0 Å². The molecule has 2 heterocycles. The average Bonchev–Trinajstić information content (AvgIpc) is 2.87. The molecule has 0 bridgehead atoms. The summed E-state index contributed by atoms with van der Waals surface area (Å²) in [5.41, 5.74) is 0. The summed E-state index contributed by atoms with van der Waals surface area (Å²) in [4.78, 5) is 20.7. The summed E-state index contributed by atoms with van der Waals surface area (Å²) in [6.45, 7) is 0. The number of hydrogen-bond donors (Lipinski definition) is 0. The molecule has 76 valence electrons. The second-order valence-electron chi connectivity index (χ2n) is 2.61. The summed E-state index contributed by atoms with van der Waals surface area (Å²) in [5, 5.41) is 0. The van der Waals surface area contributed by atoms with Gasteiger partial charge >= 0.3 is 28.7 Å². The molecule has 0 amide bonds. The highest BCUT2D eigenvalue weighted by Gasteiger charge is 2.24. The van der Waals surface area contributed by atoms with E-state index in [0.29, 0.717) is 24.1 Å². The van der Waals surface area contributed by atoms with E-state index in [1.165, 1.54) is 0 Å². The Morgan fingerprint density at radius 2 is 1.33 bits per heavy atom. The first kappa shape index (κ1) is 10.2. The van der Waals surface area contributed by atoms with Crippen LogP contribution in [0.1, 0.15) is 21.1 Å². The smallest absolute Gasteiger partial charge is 0.415 e. The molecule has 0 radical (unpaired) electrons. The highest BCUT2D eigenvalue weighted by molar-refractivity contribution is 5.70. The molecule has 0 N–H and O–H groups in total. The van der Waals surface area contributed by atoms with Crippen molar-refractivity contribution in [2.24, 2.45) is 0 Å². The lowest BCUT2D eigenvalue weighted by Crippen LogP contribution is -3.61. The average molecular weight is 317 g/mol. The normalized spacial score (nSPS) is 10.1. The number of furan rings is 2. The van der Waals surface area contributed by atoms with Gasteiger partial charge in [0.15, 0.2) is 24.1 Å². The highest BCUT2D eigenvalue weighted by Crippen LogP contribution is 1.97. The SMILES string of the molecule is O=Cc1ccc([I+]c2ccc(C=O)o2)o1. The predicted molar refractivity (Wildman–Crippen MR) is 45.6 cm³/mol. The first-order valence-corrected chi connectivity index (χ1v) is 6.22. The third-order valence-corrected chi connectivity index (χ3v) is 3.83. The maximum Gasteiger partial charge on any atom is 0.443 e. The van der Waals surface area contributed by atoms with Crippen molar-refractivity contribution in [3.63, 3.8) is 0 Å². The molecule has 0 saturated heterocycles. The molecule has 0 saturated carbocycles. The molecule has 2 aromatic heterocycles. The van der Waals surface area contributed by atoms with Gasteiger partial charge in [-0.05, 0) is 12.1 Å². The Hall–Kier alpha value is -1.37. The number of aldehydes is 2. The number of carbonyl (C=O) groups excluding carboxylic acids is 2. The van der Waals surface area contributed by atoms with Crippen molar-refractivity contribution in [3.8, 4) is 0 Å². The summed E-state index contributed by atoms with van der Waals surface area (Å²) in [5.74, 6) is 0.624. The zero-order chi connectivity index (χ0) is 10.7. The number of hydrogen-bond acceptors (Lipinski definition) is 4. The highest BCUT2D eigenvalue weighted by atomic mass is 127. The van der Waals surface area contributed by atoms with E-state index >= 15 is 0 Å². The lowest BCUT2D eigenvalue weighted by molar-refractivity contribution is -0.636. The fourth-order valence-corrected chi connectivity index (χ4v) is 2.95. The van der Waals surface area contributed by atoms with Crippen molar-refractivity contribution in [2.75, 3.05) is 0 Å². The Morgan fingerprint density at radius 1 is 0.867 bits per heavy atom. The van der Waals surface area contributed by atoms with Crippen molar-refractivity contribution >= 4 is 12.6 Å². The molecular formula is C10H6IO4+. The Kier molecular flexibility index (Phi) is 3.00. The van der Waals surface area contributed by atoms with Crippen LogP contribution in [0.5, 0.6) is 0 Å². The molecule has 15 heavy (non-hydrogen) atoms. The van der Waals surface area contributed by atoms with Crippen LogP contribution < -0.4 is 21.2 Å². The van der Waals surface area contributed by atoms with Gasteiger partial charge in [-0.1, -0.05) is 0 Å². The summed E-state index contributed by atoms with van der Waals surface area (Å²) in [7, 11) is 0. The first-order valence-electron chi connectivity index (χ1n) is 4.06. The molecule has 0 aliphatic heterocycles. The van der Waals surface area contributed by atoms with Gasteiger partial charge in [0, 0.05) is 12.1 Å². The van der Waals surface area contributed by atoms with Gasteiger partial charge in [0.2, 0.25) is 0 Å². The molecule has 5 heteroatoms. The van der Waals surface area contributed by atoms with Gasteiger partial charge in [-0.15, -0.1) is 0 Å². The lowest BCUT2D eigenvalue weighted by atomic mass is 10.5. The van der Waals surface area contributed by atoms with E-state index in [1.807, 2.05) is 0 Å². The Morgan fingerprint density at radius 3 is 1.67 bits per heavy atom. The van der Waals surface area contributed by atoms with Crippen LogP contribution in [0.3, 0.4) is 0 Å². The van der Waals surface area contributed by atoms with Crippen LogP contribution in [0.2, 0.25) is 0 Å². The van der Waals surface area contributed by atoms with Crippen LogP contribution in [0.4, 0.5) is 0 Å². The lowest BCUT2D eigenvalue weighted by Gasteiger charge is -1.76. The minimum atomic E-state index is -0.593. The van der Waals surface area contributed by atoms with E-state index < -0.39 is 21.2 Å². The minimum Gasteiger partial charge on any atom is -0.415 e. The molecule has 0 atom stereocenters. The van der Waals surface area contributed by atoms with Crippen molar-refractivity contribution in [1.29, 1.82) is 0 Å². The molecule has 4 nitrogen and oxygen atoms in total. The summed E-state index contributed by atoms with van der Waals surface area (Å²) < 4.78 is 11.9. The topological polar surface area (TPSA) is 60.4 Å². The van der Waals surface area contributed by atoms with E-state index in [-0.39, 0.29) is 0 Å². The van der Waals surface area contributed by atoms with Crippen molar-refractivity contribution in [3.05, 3.63) is 43.3 Å². The van der Waals surface area contributed by atoms with E-state index in [9.17, 15) is 9.59 Å². The van der Waals surface area contributed by atoms with E-state index in [0.717, 1.165) is 7.53 Å². The van der Waals surface area contributed by atoms with Gasteiger partial charge < -0.3 is 8.83 Å². The van der Waals surface area contributed by atoms with Crippen LogP contribution in [-0.4, -0.2) is 12.6 Å². The Bertz CT molecular complexity index is 439. The van der Waals surface area contributed by atoms with Crippen LogP contribution in [0.15, 0.2) is 33.1 Å². The van der Waals surface area contributed by atoms with Crippen molar-refractivity contribution in [2.45, 2.75) is 0 Å². The number of halogens is 1. The van der Waals surface area contributed by atoms with Crippen LogP contribution >= 0.6 is 0 Å². The maximum atomic E-state index is 10.4. The van der Waals surface area contributed by atoms with Crippen molar-refractivity contribution < 1.29 is 39.6 Å². The van der Waals surface area contributed by atoms with Gasteiger partial charge in [0.1, 0.15) is 0 Å². The Balaban J connectivity index is 2.13. The molecule has 0 fully saturated rings. The molecule has 0 aliphatic carbocycles. The zero-order valence-electron chi connectivity index (χ0n) is 7.48. The predicted octanol–water partition coefficient (Wildman–Crippen LogP) is -1.37. The van der Waals surface area contributed by atoms with Gasteiger partial charge in [0.05, 0.1) is 0 Å². The molecule has 0 spiro atoms. The number of carbonyl (C=O) groups is 2. The van der Waals surface area contributed by atoms with Crippen LogP contribution in [0.25, 0.3) is 0 Å². The molecule has 0 aliphatic rings. The van der Waals surface area contributed by atoms with Gasteiger partial charge in [0.25, 0.3) is 0 Å². The summed E-state index contributed by atoms with van der Waals surface area (Å²) in [6.07, 6.45) is 1.32. The largest absolute Gasteiger partial charge is 0.443 e. The minimum absolute atomic E-state index is 0.312. The van der Waals surface area contributed by atoms with E-state index in [2.05, 4.69) is 0 Å². The molecule has 0 aromatic carbocycles.